The molecule has 7 heteroatoms. The first-order valence-corrected chi connectivity index (χ1v) is 7.63. The van der Waals surface area contributed by atoms with Crippen molar-refractivity contribution >= 4 is 11.6 Å². The van der Waals surface area contributed by atoms with E-state index in [1.807, 2.05) is 13.0 Å². The molecule has 0 bridgehead atoms. The van der Waals surface area contributed by atoms with Gasteiger partial charge in [-0.05, 0) is 55.8 Å². The molecule has 128 valence electrons. The number of halogens is 1. The molecule has 0 fully saturated rings. The summed E-state index contributed by atoms with van der Waals surface area (Å²) >= 11 is 0. The number of hydrogen-bond acceptors (Lipinski definition) is 4. The summed E-state index contributed by atoms with van der Waals surface area (Å²) in [4.78, 5) is 16.7. The van der Waals surface area contributed by atoms with Gasteiger partial charge in [0, 0.05) is 0 Å². The van der Waals surface area contributed by atoms with Gasteiger partial charge in [0.2, 0.25) is 5.82 Å². The molecule has 0 spiro atoms. The first-order valence-electron chi connectivity index (χ1n) is 7.63. The van der Waals surface area contributed by atoms with Crippen molar-refractivity contribution in [2.45, 2.75) is 13.8 Å². The van der Waals surface area contributed by atoms with Crippen molar-refractivity contribution in [2.75, 3.05) is 12.4 Å². The average Bonchev–Trinajstić information content (AvgIpc) is 2.98. The standard InChI is InChI=1S/C18H17FN4O2/c1-11-4-9-16(25-3)15(10-11)21-18(24)17-20-12(2)23(22-17)14-7-5-13(19)6-8-14/h4-10H,1-3H3,(H,21,24). The molecule has 0 radical (unpaired) electrons. The first kappa shape index (κ1) is 16.6. The molecule has 2 aromatic carbocycles. The number of benzene rings is 2. The second kappa shape index (κ2) is 6.72. The van der Waals surface area contributed by atoms with Crippen LogP contribution in [0.5, 0.6) is 5.75 Å². The zero-order valence-corrected chi connectivity index (χ0v) is 14.1. The number of amides is 1. The summed E-state index contributed by atoms with van der Waals surface area (Å²) in [6.07, 6.45) is 0. The van der Waals surface area contributed by atoms with E-state index in [-0.39, 0.29) is 11.6 Å². The number of aromatic nitrogens is 3. The lowest BCUT2D eigenvalue weighted by atomic mass is 10.2. The van der Waals surface area contributed by atoms with E-state index in [1.54, 1.807) is 31.2 Å². The minimum absolute atomic E-state index is 0.0189. The van der Waals surface area contributed by atoms with Crippen LogP contribution in [0.25, 0.3) is 5.69 Å². The van der Waals surface area contributed by atoms with Gasteiger partial charge in [-0.25, -0.2) is 14.1 Å². The highest BCUT2D eigenvalue weighted by molar-refractivity contribution is 6.02. The summed E-state index contributed by atoms with van der Waals surface area (Å²) < 4.78 is 19.8. The monoisotopic (exact) mass is 340 g/mol. The van der Waals surface area contributed by atoms with Crippen LogP contribution in [-0.2, 0) is 0 Å². The number of nitrogens with one attached hydrogen (secondary N) is 1. The lowest BCUT2D eigenvalue weighted by Gasteiger charge is -2.09. The smallest absolute Gasteiger partial charge is 0.295 e. The van der Waals surface area contributed by atoms with Crippen molar-refractivity contribution in [3.05, 3.63) is 65.5 Å². The lowest BCUT2D eigenvalue weighted by molar-refractivity contribution is 0.101. The quantitative estimate of drug-likeness (QED) is 0.791. The Morgan fingerprint density at radius 3 is 2.56 bits per heavy atom. The summed E-state index contributed by atoms with van der Waals surface area (Å²) in [5, 5.41) is 6.97. The molecule has 1 aromatic heterocycles. The van der Waals surface area contributed by atoms with Gasteiger partial charge in [-0.15, -0.1) is 5.10 Å². The van der Waals surface area contributed by atoms with E-state index >= 15 is 0 Å². The number of nitrogens with zero attached hydrogens (tertiary/aromatic N) is 3. The highest BCUT2D eigenvalue weighted by Gasteiger charge is 2.17. The molecule has 0 aliphatic carbocycles. The van der Waals surface area contributed by atoms with Crippen LogP contribution in [0.3, 0.4) is 0 Å². The van der Waals surface area contributed by atoms with Crippen LogP contribution in [0.15, 0.2) is 42.5 Å². The molecule has 1 N–H and O–H groups in total. The molecule has 1 amide bonds. The fraction of sp³-hybridized carbons (Fsp3) is 0.167. The predicted octanol–water partition coefficient (Wildman–Crippen LogP) is 3.28. The Balaban J connectivity index is 1.88. The first-order chi connectivity index (χ1) is 12.0. The molecule has 0 saturated heterocycles. The van der Waals surface area contributed by atoms with Crippen molar-refractivity contribution in [1.82, 2.24) is 14.8 Å². The number of carbonyl (C=O) groups excluding carboxylic acids is 1. The van der Waals surface area contributed by atoms with Gasteiger partial charge in [-0.1, -0.05) is 6.07 Å². The molecule has 3 rings (SSSR count). The van der Waals surface area contributed by atoms with Gasteiger partial charge < -0.3 is 10.1 Å². The summed E-state index contributed by atoms with van der Waals surface area (Å²) in [7, 11) is 1.53. The second-order valence-corrected chi connectivity index (χ2v) is 5.53. The van der Waals surface area contributed by atoms with Crippen molar-refractivity contribution in [3.8, 4) is 11.4 Å². The third kappa shape index (κ3) is 3.50. The Morgan fingerprint density at radius 1 is 1.16 bits per heavy atom. The summed E-state index contributed by atoms with van der Waals surface area (Å²) in [6.45, 7) is 3.64. The van der Waals surface area contributed by atoms with E-state index in [0.29, 0.717) is 22.9 Å². The number of rotatable bonds is 4. The molecule has 0 saturated carbocycles. The number of anilines is 1. The molecular formula is C18H17FN4O2. The summed E-state index contributed by atoms with van der Waals surface area (Å²) in [6, 6.07) is 11.3. The Morgan fingerprint density at radius 2 is 1.88 bits per heavy atom. The van der Waals surface area contributed by atoms with Gasteiger partial charge in [-0.2, -0.15) is 0 Å². The fourth-order valence-corrected chi connectivity index (χ4v) is 2.41. The minimum atomic E-state index is -0.451. The molecule has 0 unspecified atom stereocenters. The Bertz CT molecular complexity index is 919. The van der Waals surface area contributed by atoms with Crippen LogP contribution in [0, 0.1) is 19.7 Å². The van der Waals surface area contributed by atoms with Crippen LogP contribution in [-0.4, -0.2) is 27.8 Å². The SMILES string of the molecule is COc1ccc(C)cc1NC(=O)c1nc(C)n(-c2ccc(F)cc2)n1. The van der Waals surface area contributed by atoms with Crippen LogP contribution in [0.4, 0.5) is 10.1 Å². The molecule has 3 aromatic rings. The van der Waals surface area contributed by atoms with Gasteiger partial charge >= 0.3 is 0 Å². The maximum atomic E-state index is 13.1. The number of ether oxygens (including phenoxy) is 1. The highest BCUT2D eigenvalue weighted by Crippen LogP contribution is 2.25. The van der Waals surface area contributed by atoms with E-state index < -0.39 is 5.91 Å². The topological polar surface area (TPSA) is 69.0 Å². The van der Waals surface area contributed by atoms with Crippen molar-refractivity contribution < 1.29 is 13.9 Å². The maximum absolute atomic E-state index is 13.1. The average molecular weight is 340 g/mol. The van der Waals surface area contributed by atoms with E-state index in [0.717, 1.165) is 5.56 Å². The van der Waals surface area contributed by atoms with Crippen LogP contribution < -0.4 is 10.1 Å². The van der Waals surface area contributed by atoms with Gasteiger partial charge in [0.05, 0.1) is 18.5 Å². The van der Waals surface area contributed by atoms with E-state index in [4.69, 9.17) is 4.74 Å². The third-order valence-electron chi connectivity index (χ3n) is 3.65. The Kier molecular flexibility index (Phi) is 4.47. The molecule has 0 aliphatic heterocycles. The molecule has 25 heavy (non-hydrogen) atoms. The molecule has 6 nitrogen and oxygen atoms in total. The van der Waals surface area contributed by atoms with Crippen LogP contribution >= 0.6 is 0 Å². The molecule has 1 heterocycles. The van der Waals surface area contributed by atoms with Gasteiger partial charge in [0.25, 0.3) is 5.91 Å². The maximum Gasteiger partial charge on any atom is 0.295 e. The van der Waals surface area contributed by atoms with Gasteiger partial charge in [0.15, 0.2) is 0 Å². The lowest BCUT2D eigenvalue weighted by Crippen LogP contribution is -2.15. The van der Waals surface area contributed by atoms with Crippen molar-refractivity contribution in [1.29, 1.82) is 0 Å². The van der Waals surface area contributed by atoms with E-state index in [2.05, 4.69) is 15.4 Å². The molecule has 0 atom stereocenters. The minimum Gasteiger partial charge on any atom is -0.495 e. The fourth-order valence-electron chi connectivity index (χ4n) is 2.41. The summed E-state index contributed by atoms with van der Waals surface area (Å²) in [5.41, 5.74) is 2.15. The van der Waals surface area contributed by atoms with Gasteiger partial charge in [0.1, 0.15) is 17.4 Å². The molecule has 0 aliphatic rings. The Labute approximate surface area is 144 Å². The van der Waals surface area contributed by atoms with E-state index in [9.17, 15) is 9.18 Å². The highest BCUT2D eigenvalue weighted by atomic mass is 19.1. The third-order valence-corrected chi connectivity index (χ3v) is 3.65. The largest absolute Gasteiger partial charge is 0.495 e. The van der Waals surface area contributed by atoms with Crippen molar-refractivity contribution in [3.63, 3.8) is 0 Å². The number of aryl methyl sites for hydroxylation is 2. The number of carbonyl (C=O) groups is 1. The van der Waals surface area contributed by atoms with Gasteiger partial charge in [-0.3, -0.25) is 4.79 Å². The number of methoxy groups -OCH3 is 1. The van der Waals surface area contributed by atoms with Crippen LogP contribution in [0.2, 0.25) is 0 Å². The second-order valence-electron chi connectivity index (χ2n) is 5.53. The zero-order valence-electron chi connectivity index (χ0n) is 14.1. The zero-order chi connectivity index (χ0) is 18.0. The predicted molar refractivity (Wildman–Crippen MR) is 91.7 cm³/mol. The summed E-state index contributed by atoms with van der Waals surface area (Å²) in [5.74, 6) is 0.297. The molecular weight excluding hydrogens is 323 g/mol. The van der Waals surface area contributed by atoms with Crippen LogP contribution in [0.1, 0.15) is 22.0 Å². The number of hydrogen-bond donors (Lipinski definition) is 1. The van der Waals surface area contributed by atoms with Crippen molar-refractivity contribution in [2.24, 2.45) is 0 Å². The van der Waals surface area contributed by atoms with E-state index in [1.165, 1.54) is 23.9 Å². The normalized spacial score (nSPS) is 10.6. The Hall–Kier alpha value is -3.22.